The number of allylic oxidation sites excluding steroid dienone is 2. The predicted molar refractivity (Wildman–Crippen MR) is 167 cm³/mol. The highest BCUT2D eigenvalue weighted by atomic mass is 14.7. The molecule has 2 N–H and O–H groups in total. The number of nitrogens with two attached hydrogens (primary N) is 1. The van der Waals surface area contributed by atoms with Crippen LogP contribution in [0.4, 0.5) is 0 Å². The Kier molecular flexibility index (Phi) is 16.1. The summed E-state index contributed by atoms with van der Waals surface area (Å²) in [6, 6.07) is 0.328. The van der Waals surface area contributed by atoms with Crippen molar-refractivity contribution in [1.29, 1.82) is 0 Å². The van der Waals surface area contributed by atoms with Crippen molar-refractivity contribution in [3.05, 3.63) is 12.2 Å². The van der Waals surface area contributed by atoms with Gasteiger partial charge in [0.25, 0.3) is 0 Å². The maximum absolute atomic E-state index is 7.39. The summed E-state index contributed by atoms with van der Waals surface area (Å²) < 4.78 is 0. The molecule has 0 aromatic rings. The van der Waals surface area contributed by atoms with E-state index in [1.807, 2.05) is 0 Å². The number of rotatable bonds is 13. The van der Waals surface area contributed by atoms with Crippen LogP contribution in [0.1, 0.15) is 158 Å². The van der Waals surface area contributed by atoms with E-state index in [0.29, 0.717) is 29.7 Å². The fourth-order valence-corrected chi connectivity index (χ4v) is 8.79. The summed E-state index contributed by atoms with van der Waals surface area (Å²) in [7, 11) is 0. The molecule has 0 radical (unpaired) electrons. The van der Waals surface area contributed by atoms with Gasteiger partial charge in [-0.25, -0.2) is 0 Å². The van der Waals surface area contributed by atoms with Crippen LogP contribution in [0.2, 0.25) is 0 Å². The number of hydrogen-bond donors (Lipinski definition) is 1. The SMILES string of the molecule is C/C=C\C1[C@H](CC2CCCCC2)CCC(C(CC)CCCC)CCC(C)C(N)[C@@H]1C(C)CC(CC)CC. The molecule has 0 amide bonds. The first-order chi connectivity index (χ1) is 17.9. The molecule has 6 unspecified atom stereocenters. The van der Waals surface area contributed by atoms with Gasteiger partial charge < -0.3 is 5.73 Å². The molecule has 0 saturated heterocycles. The molecular formula is C36H69N. The Bertz CT molecular complexity index is 585. The van der Waals surface area contributed by atoms with E-state index < -0.39 is 0 Å². The molecule has 2 saturated carbocycles. The van der Waals surface area contributed by atoms with Gasteiger partial charge >= 0.3 is 0 Å². The molecule has 0 spiro atoms. The van der Waals surface area contributed by atoms with Crippen molar-refractivity contribution >= 4 is 0 Å². The third kappa shape index (κ3) is 10.3. The van der Waals surface area contributed by atoms with Gasteiger partial charge in [-0.3, -0.25) is 0 Å². The minimum Gasteiger partial charge on any atom is -0.327 e. The average molecular weight is 516 g/mol. The van der Waals surface area contributed by atoms with Gasteiger partial charge in [-0.2, -0.15) is 0 Å². The van der Waals surface area contributed by atoms with Crippen molar-refractivity contribution in [1.82, 2.24) is 0 Å². The highest BCUT2D eigenvalue weighted by Gasteiger charge is 2.40. The number of unbranched alkanes of at least 4 members (excludes halogenated alkanes) is 1. The third-order valence-corrected chi connectivity index (χ3v) is 11.4. The van der Waals surface area contributed by atoms with Crippen molar-refractivity contribution in [3.63, 3.8) is 0 Å². The molecule has 2 aliphatic rings. The van der Waals surface area contributed by atoms with E-state index in [4.69, 9.17) is 5.73 Å². The minimum atomic E-state index is 0.328. The molecule has 0 aliphatic heterocycles. The monoisotopic (exact) mass is 516 g/mol. The summed E-state index contributed by atoms with van der Waals surface area (Å²) in [4.78, 5) is 0. The summed E-state index contributed by atoms with van der Waals surface area (Å²) >= 11 is 0. The zero-order valence-electron chi connectivity index (χ0n) is 26.5. The van der Waals surface area contributed by atoms with E-state index in [9.17, 15) is 0 Å². The fourth-order valence-electron chi connectivity index (χ4n) is 8.79. The molecule has 8 atom stereocenters. The maximum atomic E-state index is 7.39. The van der Waals surface area contributed by atoms with Gasteiger partial charge in [0.05, 0.1) is 0 Å². The van der Waals surface area contributed by atoms with Crippen molar-refractivity contribution in [2.24, 2.45) is 59.0 Å². The van der Waals surface area contributed by atoms with E-state index in [-0.39, 0.29) is 0 Å². The van der Waals surface area contributed by atoms with E-state index in [1.165, 1.54) is 109 Å². The Morgan fingerprint density at radius 3 is 2.14 bits per heavy atom. The normalized spacial score (nSPS) is 32.6. The highest BCUT2D eigenvalue weighted by Crippen LogP contribution is 2.45. The Morgan fingerprint density at radius 2 is 1.54 bits per heavy atom. The van der Waals surface area contributed by atoms with Crippen LogP contribution in [-0.4, -0.2) is 6.04 Å². The molecule has 0 bridgehead atoms. The molecule has 1 nitrogen and oxygen atoms in total. The Hall–Kier alpha value is -0.300. The van der Waals surface area contributed by atoms with E-state index in [1.54, 1.807) is 0 Å². The predicted octanol–water partition coefficient (Wildman–Crippen LogP) is 11.2. The second kappa shape index (κ2) is 18.1. The van der Waals surface area contributed by atoms with E-state index in [0.717, 1.165) is 29.6 Å². The van der Waals surface area contributed by atoms with Crippen LogP contribution >= 0.6 is 0 Å². The summed E-state index contributed by atoms with van der Waals surface area (Å²) in [5, 5.41) is 0. The smallest absolute Gasteiger partial charge is 0.0101 e. The Labute approximate surface area is 234 Å². The molecule has 2 fully saturated rings. The third-order valence-electron chi connectivity index (χ3n) is 11.4. The van der Waals surface area contributed by atoms with Gasteiger partial charge in [0.15, 0.2) is 0 Å². The lowest BCUT2D eigenvalue weighted by Gasteiger charge is -2.45. The molecule has 2 rings (SSSR count). The van der Waals surface area contributed by atoms with Crippen molar-refractivity contribution < 1.29 is 0 Å². The van der Waals surface area contributed by atoms with Gasteiger partial charge in [-0.05, 0) is 98.7 Å². The maximum Gasteiger partial charge on any atom is 0.0101 e. The lowest BCUT2D eigenvalue weighted by atomic mass is 9.62. The first-order valence-corrected chi connectivity index (χ1v) is 17.3. The summed E-state index contributed by atoms with van der Waals surface area (Å²) in [5.41, 5.74) is 7.39. The van der Waals surface area contributed by atoms with Crippen molar-refractivity contribution in [2.45, 2.75) is 164 Å². The largest absolute Gasteiger partial charge is 0.327 e. The van der Waals surface area contributed by atoms with E-state index >= 15 is 0 Å². The summed E-state index contributed by atoms with van der Waals surface area (Å²) in [6.07, 6.45) is 29.1. The molecule has 0 aromatic carbocycles. The highest BCUT2D eigenvalue weighted by molar-refractivity contribution is 5.00. The van der Waals surface area contributed by atoms with Crippen LogP contribution in [0.5, 0.6) is 0 Å². The minimum absolute atomic E-state index is 0.328. The Balaban J connectivity index is 2.41. The van der Waals surface area contributed by atoms with Gasteiger partial charge in [0.2, 0.25) is 0 Å². The molecule has 1 heteroatoms. The van der Waals surface area contributed by atoms with Crippen LogP contribution in [0.25, 0.3) is 0 Å². The molecular weight excluding hydrogens is 446 g/mol. The second-order valence-corrected chi connectivity index (χ2v) is 13.9. The zero-order chi connectivity index (χ0) is 27.2. The van der Waals surface area contributed by atoms with Crippen molar-refractivity contribution in [2.75, 3.05) is 0 Å². The summed E-state index contributed by atoms with van der Waals surface area (Å²) in [6.45, 7) is 17.0. The second-order valence-electron chi connectivity index (χ2n) is 13.9. The van der Waals surface area contributed by atoms with Gasteiger partial charge in [0, 0.05) is 6.04 Å². The van der Waals surface area contributed by atoms with Crippen LogP contribution < -0.4 is 5.73 Å². The van der Waals surface area contributed by atoms with Crippen LogP contribution in [-0.2, 0) is 0 Å². The van der Waals surface area contributed by atoms with Crippen LogP contribution in [0.3, 0.4) is 0 Å². The molecule has 218 valence electrons. The zero-order valence-corrected chi connectivity index (χ0v) is 26.5. The Morgan fingerprint density at radius 1 is 0.865 bits per heavy atom. The lowest BCUT2D eigenvalue weighted by molar-refractivity contribution is 0.0869. The van der Waals surface area contributed by atoms with Gasteiger partial charge in [-0.1, -0.05) is 124 Å². The topological polar surface area (TPSA) is 26.0 Å². The molecule has 2 aliphatic carbocycles. The first kappa shape index (κ1) is 32.9. The first-order valence-electron chi connectivity index (χ1n) is 17.3. The lowest BCUT2D eigenvalue weighted by Crippen LogP contribution is -2.46. The van der Waals surface area contributed by atoms with Crippen molar-refractivity contribution in [3.8, 4) is 0 Å². The molecule has 37 heavy (non-hydrogen) atoms. The molecule has 0 aromatic heterocycles. The van der Waals surface area contributed by atoms with Gasteiger partial charge in [-0.15, -0.1) is 0 Å². The van der Waals surface area contributed by atoms with Gasteiger partial charge in [0.1, 0.15) is 0 Å². The quantitative estimate of drug-likeness (QED) is 0.242. The fraction of sp³-hybridized carbons (Fsp3) is 0.944. The summed E-state index contributed by atoms with van der Waals surface area (Å²) in [5.74, 6) is 7.07. The average Bonchev–Trinajstić information content (AvgIpc) is 2.91. The number of hydrogen-bond acceptors (Lipinski definition) is 1. The van der Waals surface area contributed by atoms with Crippen LogP contribution in [0.15, 0.2) is 12.2 Å². The standard InChI is InChI=1S/C36H69N/c1-8-13-20-31(12-5)32-22-21-27(6)36(37)35(28(7)25-29(10-3)11-4)34(17-9-2)33(24-23-32)26-30-18-15-14-16-19-30/h9,17,27-36H,8,10-16,18-26,37H2,1-7H3/b17-9-/t27?,28?,31?,32?,33-,34?,35+,36?/m0/s1. The van der Waals surface area contributed by atoms with Crippen LogP contribution in [0, 0.1) is 53.3 Å². The van der Waals surface area contributed by atoms with E-state index in [2.05, 4.69) is 60.6 Å². The molecule has 0 heterocycles.